The first kappa shape index (κ1) is 20.0. The Morgan fingerprint density at radius 1 is 1.00 bits per heavy atom. The maximum Gasteiger partial charge on any atom is 0.234 e. The minimum atomic E-state index is -0.0966. The molecule has 0 saturated heterocycles. The van der Waals surface area contributed by atoms with E-state index in [4.69, 9.17) is 4.74 Å². The number of hydrogen-bond donors (Lipinski definition) is 1. The average molecular weight is 442 g/mol. The number of rotatable bonds is 6. The molecule has 3 aromatic carbocycles. The van der Waals surface area contributed by atoms with Crippen LogP contribution in [0, 0.1) is 0 Å². The number of ether oxygens (including phenoxy) is 1. The number of nitrogens with one attached hydrogen (secondary N) is 1. The zero-order chi connectivity index (χ0) is 21.9. The Labute approximate surface area is 188 Å². The molecule has 0 fully saturated rings. The largest absolute Gasteiger partial charge is 0.497 e. The third kappa shape index (κ3) is 3.88. The molecule has 5 rings (SSSR count). The van der Waals surface area contributed by atoms with E-state index in [9.17, 15) is 4.79 Å². The summed E-state index contributed by atoms with van der Waals surface area (Å²) in [6.07, 6.45) is 3.22. The normalized spacial score (nSPS) is 11.0. The molecule has 0 saturated carbocycles. The maximum atomic E-state index is 12.6. The first-order valence-electron chi connectivity index (χ1n) is 9.96. The van der Waals surface area contributed by atoms with Gasteiger partial charge in [0.2, 0.25) is 5.91 Å². The van der Waals surface area contributed by atoms with Crippen molar-refractivity contribution in [2.24, 2.45) is 0 Å². The highest BCUT2D eigenvalue weighted by molar-refractivity contribution is 8.00. The van der Waals surface area contributed by atoms with Gasteiger partial charge in [-0.05, 0) is 35.7 Å². The summed E-state index contributed by atoms with van der Waals surface area (Å²) in [7, 11) is 1.63. The van der Waals surface area contributed by atoms with Gasteiger partial charge < -0.3 is 10.1 Å². The van der Waals surface area contributed by atoms with E-state index in [0.717, 1.165) is 33.3 Å². The quantitative estimate of drug-likeness (QED) is 0.304. The first-order chi connectivity index (χ1) is 15.7. The van der Waals surface area contributed by atoms with E-state index in [0.29, 0.717) is 10.7 Å². The monoisotopic (exact) mass is 441 g/mol. The summed E-state index contributed by atoms with van der Waals surface area (Å²) in [5.74, 6) is 0.900. The number of benzene rings is 3. The van der Waals surface area contributed by atoms with Gasteiger partial charge in [0.1, 0.15) is 17.1 Å². The van der Waals surface area contributed by atoms with Crippen molar-refractivity contribution in [1.82, 2.24) is 19.7 Å². The lowest BCUT2D eigenvalue weighted by atomic mass is 10.1. The van der Waals surface area contributed by atoms with Gasteiger partial charge in [0.15, 0.2) is 5.65 Å². The molecule has 0 radical (unpaired) electrons. The number of hydrogen-bond acceptors (Lipinski definition) is 6. The van der Waals surface area contributed by atoms with Crippen LogP contribution in [0.4, 0.5) is 5.69 Å². The number of thioether (sulfide) groups is 1. The Balaban J connectivity index is 1.34. The van der Waals surface area contributed by atoms with Crippen molar-refractivity contribution >= 4 is 45.2 Å². The van der Waals surface area contributed by atoms with Crippen LogP contribution in [0.25, 0.3) is 27.5 Å². The number of amides is 1. The second-order valence-corrected chi connectivity index (χ2v) is 8.00. The topological polar surface area (TPSA) is 81.9 Å². The Morgan fingerprint density at radius 3 is 2.66 bits per heavy atom. The average Bonchev–Trinajstić information content (AvgIpc) is 3.28. The van der Waals surface area contributed by atoms with Gasteiger partial charge >= 0.3 is 0 Å². The molecule has 0 unspecified atom stereocenters. The molecule has 0 aliphatic carbocycles. The van der Waals surface area contributed by atoms with Crippen LogP contribution in [-0.4, -0.2) is 38.5 Å². The third-order valence-electron chi connectivity index (χ3n) is 5.05. The Kier molecular flexibility index (Phi) is 5.43. The minimum Gasteiger partial charge on any atom is -0.497 e. The lowest BCUT2D eigenvalue weighted by Gasteiger charge is -2.09. The van der Waals surface area contributed by atoms with Crippen LogP contribution in [0.5, 0.6) is 5.75 Å². The van der Waals surface area contributed by atoms with Crippen molar-refractivity contribution in [2.45, 2.75) is 5.03 Å². The molecule has 2 aromatic heterocycles. The SMILES string of the molecule is COc1ccc(-n2ncc3c(SCC(=O)Nc4cccc5ccccc45)ncnc32)cc1. The molecular weight excluding hydrogens is 422 g/mol. The molecule has 0 atom stereocenters. The molecule has 2 heterocycles. The second-order valence-electron chi connectivity index (χ2n) is 7.03. The van der Waals surface area contributed by atoms with Crippen LogP contribution < -0.4 is 10.1 Å². The highest BCUT2D eigenvalue weighted by Gasteiger charge is 2.14. The number of aromatic nitrogens is 4. The van der Waals surface area contributed by atoms with Gasteiger partial charge in [0.05, 0.1) is 30.1 Å². The molecule has 7 nitrogen and oxygen atoms in total. The molecule has 0 bridgehead atoms. The summed E-state index contributed by atoms with van der Waals surface area (Å²) >= 11 is 1.36. The van der Waals surface area contributed by atoms with Crippen LogP contribution in [-0.2, 0) is 4.79 Å². The summed E-state index contributed by atoms with van der Waals surface area (Å²) in [6.45, 7) is 0. The molecular formula is C24H19N5O2S. The Morgan fingerprint density at radius 2 is 1.81 bits per heavy atom. The van der Waals surface area contributed by atoms with Crippen molar-refractivity contribution in [3.05, 3.63) is 79.3 Å². The summed E-state index contributed by atoms with van der Waals surface area (Å²) in [6, 6.07) is 21.4. The highest BCUT2D eigenvalue weighted by Crippen LogP contribution is 2.27. The first-order valence-corrected chi connectivity index (χ1v) is 10.9. The highest BCUT2D eigenvalue weighted by atomic mass is 32.2. The van der Waals surface area contributed by atoms with Gasteiger partial charge in [-0.25, -0.2) is 14.6 Å². The number of anilines is 1. The van der Waals surface area contributed by atoms with Crippen molar-refractivity contribution in [2.75, 3.05) is 18.2 Å². The molecule has 0 spiro atoms. The van der Waals surface area contributed by atoms with E-state index in [-0.39, 0.29) is 11.7 Å². The van der Waals surface area contributed by atoms with Crippen LogP contribution >= 0.6 is 11.8 Å². The van der Waals surface area contributed by atoms with Crippen LogP contribution in [0.2, 0.25) is 0 Å². The number of carbonyl (C=O) groups is 1. The third-order valence-corrected chi connectivity index (χ3v) is 6.06. The smallest absolute Gasteiger partial charge is 0.234 e. The molecule has 5 aromatic rings. The van der Waals surface area contributed by atoms with Crippen molar-refractivity contribution < 1.29 is 9.53 Å². The molecule has 8 heteroatoms. The molecule has 1 amide bonds. The predicted octanol–water partition coefficient (Wildman–Crippen LogP) is 4.71. The van der Waals surface area contributed by atoms with Gasteiger partial charge in [0, 0.05) is 11.1 Å². The van der Waals surface area contributed by atoms with Gasteiger partial charge in [-0.15, -0.1) is 0 Å². The fourth-order valence-electron chi connectivity index (χ4n) is 3.50. The van der Waals surface area contributed by atoms with Gasteiger partial charge in [-0.1, -0.05) is 48.2 Å². The molecule has 0 aliphatic rings. The summed E-state index contributed by atoms with van der Waals surface area (Å²) in [5, 5.41) is 11.1. The number of fused-ring (bicyclic) bond motifs is 2. The van der Waals surface area contributed by atoms with Crippen molar-refractivity contribution in [3.63, 3.8) is 0 Å². The lowest BCUT2D eigenvalue weighted by Crippen LogP contribution is -2.14. The molecule has 32 heavy (non-hydrogen) atoms. The van der Waals surface area contributed by atoms with Crippen molar-refractivity contribution in [3.8, 4) is 11.4 Å². The van der Waals surface area contributed by atoms with E-state index in [1.807, 2.05) is 66.7 Å². The van der Waals surface area contributed by atoms with Crippen LogP contribution in [0.15, 0.2) is 84.3 Å². The number of nitrogens with zero attached hydrogens (tertiary/aromatic N) is 4. The Hall–Kier alpha value is -3.91. The minimum absolute atomic E-state index is 0.0966. The lowest BCUT2D eigenvalue weighted by molar-refractivity contribution is -0.113. The molecule has 1 N–H and O–H groups in total. The van der Waals surface area contributed by atoms with E-state index < -0.39 is 0 Å². The predicted molar refractivity (Wildman–Crippen MR) is 127 cm³/mol. The van der Waals surface area contributed by atoms with Gasteiger partial charge in [-0.3, -0.25) is 4.79 Å². The zero-order valence-electron chi connectivity index (χ0n) is 17.2. The second kappa shape index (κ2) is 8.68. The Bertz CT molecular complexity index is 1410. The summed E-state index contributed by atoms with van der Waals surface area (Å²) in [5.41, 5.74) is 2.35. The van der Waals surface area contributed by atoms with E-state index >= 15 is 0 Å². The zero-order valence-corrected chi connectivity index (χ0v) is 18.0. The van der Waals surface area contributed by atoms with E-state index in [1.165, 1.54) is 18.1 Å². The van der Waals surface area contributed by atoms with Gasteiger partial charge in [0.25, 0.3) is 0 Å². The fraction of sp³-hybridized carbons (Fsp3) is 0.0833. The van der Waals surface area contributed by atoms with Crippen LogP contribution in [0.3, 0.4) is 0 Å². The van der Waals surface area contributed by atoms with Crippen molar-refractivity contribution in [1.29, 1.82) is 0 Å². The molecule has 158 valence electrons. The number of carbonyl (C=O) groups excluding carboxylic acids is 1. The van der Waals surface area contributed by atoms with Gasteiger partial charge in [-0.2, -0.15) is 5.10 Å². The summed E-state index contributed by atoms with van der Waals surface area (Å²) in [4.78, 5) is 21.4. The standard InChI is InChI=1S/C24H19N5O2S/c1-31-18-11-9-17(10-12-18)29-23-20(13-27-29)24(26-15-25-23)32-14-22(30)28-21-8-4-6-16-5-2-3-7-19(16)21/h2-13,15H,14H2,1H3,(H,28,30). The fourth-order valence-corrected chi connectivity index (χ4v) is 4.27. The van der Waals surface area contributed by atoms with Crippen LogP contribution in [0.1, 0.15) is 0 Å². The maximum absolute atomic E-state index is 12.6. The summed E-state index contributed by atoms with van der Waals surface area (Å²) < 4.78 is 6.96. The molecule has 0 aliphatic heterocycles. The number of methoxy groups -OCH3 is 1. The van der Waals surface area contributed by atoms with E-state index in [1.54, 1.807) is 18.0 Å². The van der Waals surface area contributed by atoms with E-state index in [2.05, 4.69) is 20.4 Å².